The predicted octanol–water partition coefficient (Wildman–Crippen LogP) is 1.32. The van der Waals surface area contributed by atoms with Gasteiger partial charge in [0.2, 0.25) is 0 Å². The van der Waals surface area contributed by atoms with E-state index in [0.717, 1.165) is 5.69 Å². The van der Waals surface area contributed by atoms with Gasteiger partial charge in [0.05, 0.1) is 11.8 Å². The third-order valence-corrected chi connectivity index (χ3v) is 1.59. The van der Waals surface area contributed by atoms with E-state index in [2.05, 4.69) is 10.2 Å². The summed E-state index contributed by atoms with van der Waals surface area (Å²) in [5, 5.41) is 6.50. The van der Waals surface area contributed by atoms with Gasteiger partial charge in [-0.05, 0) is 19.9 Å². The van der Waals surface area contributed by atoms with Gasteiger partial charge in [-0.2, -0.15) is 5.10 Å². The number of aromatic nitrogens is 2. The fourth-order valence-corrected chi connectivity index (χ4v) is 0.961. The summed E-state index contributed by atoms with van der Waals surface area (Å²) < 4.78 is 5.30. The van der Waals surface area contributed by atoms with Gasteiger partial charge in [0.15, 0.2) is 6.29 Å². The molecule has 1 aromatic heterocycles. The van der Waals surface area contributed by atoms with Crippen molar-refractivity contribution >= 4 is 6.29 Å². The quantitative estimate of drug-likeness (QED) is 0.690. The zero-order chi connectivity index (χ0) is 8.97. The Kier molecular flexibility index (Phi) is 2.99. The molecule has 1 unspecified atom stereocenters. The number of hydrogen-bond acceptors (Lipinski definition) is 3. The highest BCUT2D eigenvalue weighted by molar-refractivity contribution is 5.71. The first-order valence-electron chi connectivity index (χ1n) is 3.90. The van der Waals surface area contributed by atoms with E-state index in [1.54, 1.807) is 6.07 Å². The Hall–Kier alpha value is -1.16. The Labute approximate surface area is 70.9 Å². The minimum Gasteiger partial charge on any atom is -0.373 e. The van der Waals surface area contributed by atoms with Gasteiger partial charge in [-0.1, -0.05) is 0 Å². The first-order chi connectivity index (χ1) is 5.77. The fraction of sp³-hybridized carbons (Fsp3) is 0.500. The van der Waals surface area contributed by atoms with Gasteiger partial charge >= 0.3 is 0 Å². The van der Waals surface area contributed by atoms with E-state index in [1.807, 2.05) is 13.8 Å². The number of nitrogens with zero attached hydrogens (tertiary/aromatic N) is 1. The minimum atomic E-state index is -0.0313. The number of hydrogen-bond donors (Lipinski definition) is 1. The lowest BCUT2D eigenvalue weighted by atomic mass is 10.2. The molecule has 0 radical (unpaired) electrons. The molecular weight excluding hydrogens is 156 g/mol. The summed E-state index contributed by atoms with van der Waals surface area (Å²) in [5.74, 6) is 0. The van der Waals surface area contributed by atoms with E-state index in [0.29, 0.717) is 18.6 Å². The fourth-order valence-electron chi connectivity index (χ4n) is 0.961. The Morgan fingerprint density at radius 2 is 2.58 bits per heavy atom. The monoisotopic (exact) mass is 168 g/mol. The highest BCUT2D eigenvalue weighted by Crippen LogP contribution is 2.13. The van der Waals surface area contributed by atoms with Crippen LogP contribution in [0.5, 0.6) is 0 Å². The number of H-pyrrole nitrogens is 1. The van der Waals surface area contributed by atoms with E-state index in [1.165, 1.54) is 0 Å². The Morgan fingerprint density at radius 1 is 1.83 bits per heavy atom. The number of aldehydes is 1. The maximum atomic E-state index is 10.3. The van der Waals surface area contributed by atoms with Crippen LogP contribution in [0.4, 0.5) is 0 Å². The average molecular weight is 168 g/mol. The van der Waals surface area contributed by atoms with Gasteiger partial charge in [0, 0.05) is 6.61 Å². The SMILES string of the molecule is CCOC(C)c1cc(C=O)n[nH]1. The van der Waals surface area contributed by atoms with Crippen LogP contribution in [-0.2, 0) is 4.74 Å². The first kappa shape index (κ1) is 8.93. The average Bonchev–Trinajstić information content (AvgIpc) is 2.52. The Balaban J connectivity index is 2.67. The van der Waals surface area contributed by atoms with Crippen molar-refractivity contribution in [2.24, 2.45) is 0 Å². The summed E-state index contributed by atoms with van der Waals surface area (Å²) in [6, 6.07) is 1.69. The number of nitrogens with one attached hydrogen (secondary N) is 1. The third-order valence-electron chi connectivity index (χ3n) is 1.59. The van der Waals surface area contributed by atoms with Crippen LogP contribution in [0.15, 0.2) is 6.07 Å². The molecule has 0 fully saturated rings. The predicted molar refractivity (Wildman–Crippen MR) is 44.0 cm³/mol. The van der Waals surface area contributed by atoms with Crippen molar-refractivity contribution in [1.29, 1.82) is 0 Å². The van der Waals surface area contributed by atoms with Crippen molar-refractivity contribution in [2.75, 3.05) is 6.61 Å². The van der Waals surface area contributed by atoms with Gasteiger partial charge in [-0.25, -0.2) is 0 Å². The van der Waals surface area contributed by atoms with Crippen LogP contribution in [0.1, 0.15) is 36.1 Å². The van der Waals surface area contributed by atoms with E-state index in [-0.39, 0.29) is 6.10 Å². The van der Waals surface area contributed by atoms with Crippen molar-refractivity contribution in [3.8, 4) is 0 Å². The van der Waals surface area contributed by atoms with Crippen molar-refractivity contribution in [1.82, 2.24) is 10.2 Å². The molecule has 0 aromatic carbocycles. The van der Waals surface area contributed by atoms with Crippen LogP contribution < -0.4 is 0 Å². The van der Waals surface area contributed by atoms with Crippen molar-refractivity contribution in [2.45, 2.75) is 20.0 Å². The second-order valence-electron chi connectivity index (χ2n) is 2.46. The summed E-state index contributed by atoms with van der Waals surface area (Å²) in [6.45, 7) is 4.48. The summed E-state index contributed by atoms with van der Waals surface area (Å²) in [7, 11) is 0. The van der Waals surface area contributed by atoms with Crippen LogP contribution in [0, 0.1) is 0 Å². The number of aromatic amines is 1. The number of rotatable bonds is 4. The molecule has 1 aromatic rings. The molecule has 1 atom stereocenters. The molecule has 0 amide bonds. The molecule has 0 bridgehead atoms. The standard InChI is InChI=1S/C8H12N2O2/c1-3-12-6(2)8-4-7(5-11)9-10-8/h4-6H,3H2,1-2H3,(H,9,10). The molecule has 1 rings (SSSR count). The molecule has 12 heavy (non-hydrogen) atoms. The van der Waals surface area contributed by atoms with E-state index >= 15 is 0 Å². The molecule has 0 aliphatic rings. The van der Waals surface area contributed by atoms with E-state index < -0.39 is 0 Å². The third kappa shape index (κ3) is 1.92. The van der Waals surface area contributed by atoms with Crippen LogP contribution in [0.3, 0.4) is 0 Å². The van der Waals surface area contributed by atoms with Crippen molar-refractivity contribution < 1.29 is 9.53 Å². The molecule has 1 heterocycles. The highest BCUT2D eigenvalue weighted by atomic mass is 16.5. The molecular formula is C8H12N2O2. The number of carbonyl (C=O) groups is 1. The molecule has 1 N–H and O–H groups in total. The van der Waals surface area contributed by atoms with Crippen LogP contribution in [0.2, 0.25) is 0 Å². The lowest BCUT2D eigenvalue weighted by Crippen LogP contribution is -1.99. The number of ether oxygens (including phenoxy) is 1. The maximum Gasteiger partial charge on any atom is 0.170 e. The van der Waals surface area contributed by atoms with Gasteiger partial charge in [0.25, 0.3) is 0 Å². The molecule has 4 nitrogen and oxygen atoms in total. The van der Waals surface area contributed by atoms with Crippen LogP contribution in [0.25, 0.3) is 0 Å². The molecule has 0 saturated carbocycles. The van der Waals surface area contributed by atoms with Gasteiger partial charge in [-0.3, -0.25) is 9.89 Å². The zero-order valence-electron chi connectivity index (χ0n) is 7.20. The largest absolute Gasteiger partial charge is 0.373 e. The Morgan fingerprint density at radius 3 is 3.08 bits per heavy atom. The van der Waals surface area contributed by atoms with E-state index in [9.17, 15) is 4.79 Å². The summed E-state index contributed by atoms with van der Waals surface area (Å²) in [4.78, 5) is 10.3. The molecule has 0 aliphatic carbocycles. The number of carbonyl (C=O) groups excluding carboxylic acids is 1. The van der Waals surface area contributed by atoms with Crippen LogP contribution >= 0.6 is 0 Å². The molecule has 4 heteroatoms. The second kappa shape index (κ2) is 4.01. The lowest BCUT2D eigenvalue weighted by Gasteiger charge is -2.07. The van der Waals surface area contributed by atoms with Gasteiger partial charge in [0.1, 0.15) is 5.69 Å². The van der Waals surface area contributed by atoms with Gasteiger partial charge < -0.3 is 4.74 Å². The molecule has 66 valence electrons. The summed E-state index contributed by atoms with van der Waals surface area (Å²) in [6.07, 6.45) is 0.676. The molecule has 0 saturated heterocycles. The minimum absolute atomic E-state index is 0.0313. The van der Waals surface area contributed by atoms with Crippen molar-refractivity contribution in [3.63, 3.8) is 0 Å². The maximum absolute atomic E-state index is 10.3. The highest BCUT2D eigenvalue weighted by Gasteiger charge is 2.07. The van der Waals surface area contributed by atoms with E-state index in [4.69, 9.17) is 4.74 Å². The molecule has 0 aliphatic heterocycles. The summed E-state index contributed by atoms with van der Waals surface area (Å²) >= 11 is 0. The second-order valence-corrected chi connectivity index (χ2v) is 2.46. The Bertz CT molecular complexity index is 257. The summed E-state index contributed by atoms with van der Waals surface area (Å²) in [5.41, 5.74) is 1.25. The topological polar surface area (TPSA) is 55.0 Å². The first-order valence-corrected chi connectivity index (χ1v) is 3.90. The lowest BCUT2D eigenvalue weighted by molar-refractivity contribution is 0.0733. The zero-order valence-corrected chi connectivity index (χ0v) is 7.20. The smallest absolute Gasteiger partial charge is 0.170 e. The van der Waals surface area contributed by atoms with Crippen molar-refractivity contribution in [3.05, 3.63) is 17.5 Å². The molecule has 0 spiro atoms. The normalized spacial score (nSPS) is 12.8. The van der Waals surface area contributed by atoms with Gasteiger partial charge in [-0.15, -0.1) is 0 Å². The van der Waals surface area contributed by atoms with Crippen LogP contribution in [-0.4, -0.2) is 23.1 Å².